The summed E-state index contributed by atoms with van der Waals surface area (Å²) in [7, 11) is 0. The van der Waals surface area contributed by atoms with E-state index in [1.165, 1.54) is 48.6 Å². The van der Waals surface area contributed by atoms with E-state index in [0.717, 1.165) is 25.8 Å². The van der Waals surface area contributed by atoms with Gasteiger partial charge in [-0.1, -0.05) is 37.5 Å². The Hall–Kier alpha value is -1.32. The van der Waals surface area contributed by atoms with Gasteiger partial charge in [0.2, 0.25) is 0 Å². The Kier molecular flexibility index (Phi) is 4.16. The van der Waals surface area contributed by atoms with Gasteiger partial charge in [0.05, 0.1) is 5.60 Å². The van der Waals surface area contributed by atoms with Gasteiger partial charge in [0.25, 0.3) is 0 Å². The molecule has 124 valence electrons. The van der Waals surface area contributed by atoms with Crippen molar-refractivity contribution in [3.63, 3.8) is 0 Å². The fourth-order valence-electron chi connectivity index (χ4n) is 4.92. The highest BCUT2D eigenvalue weighted by Crippen LogP contribution is 2.43. The van der Waals surface area contributed by atoms with Crippen LogP contribution in [0.5, 0.6) is 0 Å². The molecule has 2 aromatic rings. The molecule has 0 spiro atoms. The Balaban J connectivity index is 1.40. The minimum absolute atomic E-state index is 0.284. The highest BCUT2D eigenvalue weighted by Gasteiger charge is 2.46. The summed E-state index contributed by atoms with van der Waals surface area (Å²) in [6.45, 7) is 0.946. The first-order valence-corrected chi connectivity index (χ1v) is 9.28. The second kappa shape index (κ2) is 6.29. The largest absolute Gasteiger partial charge is 0.388 e. The van der Waals surface area contributed by atoms with Crippen molar-refractivity contribution >= 4 is 10.9 Å². The Labute approximate surface area is 138 Å². The van der Waals surface area contributed by atoms with Gasteiger partial charge in [0.15, 0.2) is 0 Å². The maximum absolute atomic E-state index is 11.2. The number of rotatable bonds is 4. The zero-order chi connectivity index (χ0) is 15.7. The number of aliphatic hydroxyl groups is 1. The van der Waals surface area contributed by atoms with E-state index in [2.05, 4.69) is 40.8 Å². The van der Waals surface area contributed by atoms with Crippen LogP contribution in [0.15, 0.2) is 30.5 Å². The molecule has 1 aromatic carbocycles. The summed E-state index contributed by atoms with van der Waals surface area (Å²) in [5.41, 5.74) is 2.14. The smallest absolute Gasteiger partial charge is 0.0827 e. The SMILES string of the molecule is OC12CCCCC1CCCC2NCCc1c[nH]c2ccccc12. The molecule has 3 atom stereocenters. The van der Waals surface area contributed by atoms with Gasteiger partial charge in [-0.15, -0.1) is 0 Å². The molecule has 0 saturated heterocycles. The van der Waals surface area contributed by atoms with Gasteiger partial charge in [0, 0.05) is 23.1 Å². The van der Waals surface area contributed by atoms with Crippen molar-refractivity contribution in [3.05, 3.63) is 36.0 Å². The highest BCUT2D eigenvalue weighted by molar-refractivity contribution is 5.83. The van der Waals surface area contributed by atoms with E-state index < -0.39 is 5.60 Å². The number of aromatic amines is 1. The van der Waals surface area contributed by atoms with Crippen molar-refractivity contribution in [1.29, 1.82) is 0 Å². The number of hydrogen-bond acceptors (Lipinski definition) is 2. The zero-order valence-electron chi connectivity index (χ0n) is 13.9. The number of benzene rings is 1. The highest BCUT2D eigenvalue weighted by atomic mass is 16.3. The van der Waals surface area contributed by atoms with E-state index in [9.17, 15) is 5.11 Å². The van der Waals surface area contributed by atoms with Gasteiger partial charge in [-0.2, -0.15) is 0 Å². The van der Waals surface area contributed by atoms with Crippen LogP contribution in [0.1, 0.15) is 50.5 Å². The van der Waals surface area contributed by atoms with E-state index in [4.69, 9.17) is 0 Å². The molecule has 3 unspecified atom stereocenters. The lowest BCUT2D eigenvalue weighted by Crippen LogP contribution is -2.59. The summed E-state index contributed by atoms with van der Waals surface area (Å²) in [4.78, 5) is 3.35. The molecule has 3 N–H and O–H groups in total. The van der Waals surface area contributed by atoms with Gasteiger partial charge in [-0.05, 0) is 56.2 Å². The predicted molar refractivity (Wildman–Crippen MR) is 94.6 cm³/mol. The molecule has 2 saturated carbocycles. The van der Waals surface area contributed by atoms with Gasteiger partial charge in [0.1, 0.15) is 0 Å². The molecule has 0 amide bonds. The second-order valence-corrected chi connectivity index (χ2v) is 7.48. The van der Waals surface area contributed by atoms with Crippen LogP contribution in [-0.2, 0) is 6.42 Å². The Bertz CT molecular complexity index is 662. The number of aromatic nitrogens is 1. The predicted octanol–water partition coefficient (Wildman–Crippen LogP) is 3.77. The van der Waals surface area contributed by atoms with Gasteiger partial charge >= 0.3 is 0 Å². The lowest BCUT2D eigenvalue weighted by Gasteiger charge is -2.49. The average molecular weight is 312 g/mol. The summed E-state index contributed by atoms with van der Waals surface area (Å²) < 4.78 is 0. The fourth-order valence-corrected chi connectivity index (χ4v) is 4.92. The summed E-state index contributed by atoms with van der Waals surface area (Å²) in [6, 6.07) is 8.77. The van der Waals surface area contributed by atoms with Crippen LogP contribution in [0.25, 0.3) is 10.9 Å². The van der Waals surface area contributed by atoms with Crippen LogP contribution in [-0.4, -0.2) is 28.3 Å². The summed E-state index contributed by atoms with van der Waals surface area (Å²) >= 11 is 0. The molecule has 0 bridgehead atoms. The van der Waals surface area contributed by atoms with Crippen molar-refractivity contribution in [3.8, 4) is 0 Å². The lowest BCUT2D eigenvalue weighted by atomic mass is 9.65. The number of hydrogen-bond donors (Lipinski definition) is 3. The van der Waals surface area contributed by atoms with Gasteiger partial charge < -0.3 is 15.4 Å². The number of para-hydroxylation sites is 1. The average Bonchev–Trinajstić information content (AvgIpc) is 2.98. The first-order chi connectivity index (χ1) is 11.3. The molecule has 23 heavy (non-hydrogen) atoms. The molecule has 0 radical (unpaired) electrons. The molecular formula is C20H28N2O. The lowest BCUT2D eigenvalue weighted by molar-refractivity contribution is -0.0983. The standard InChI is InChI=1S/C20H28N2O/c23-20-12-4-3-6-16(20)7-5-10-19(20)21-13-11-15-14-22-18-9-2-1-8-17(15)18/h1-2,8-9,14,16,19,21-23H,3-7,10-13H2. The van der Waals surface area contributed by atoms with E-state index in [-0.39, 0.29) is 6.04 Å². The molecule has 3 nitrogen and oxygen atoms in total. The summed E-state index contributed by atoms with van der Waals surface area (Å²) in [6.07, 6.45) is 11.4. The third-order valence-electron chi connectivity index (χ3n) is 6.20. The third-order valence-corrected chi connectivity index (χ3v) is 6.20. The van der Waals surface area contributed by atoms with Crippen LogP contribution in [0.3, 0.4) is 0 Å². The minimum Gasteiger partial charge on any atom is -0.388 e. The van der Waals surface area contributed by atoms with Crippen molar-refractivity contribution in [2.45, 2.75) is 63.0 Å². The van der Waals surface area contributed by atoms with Gasteiger partial charge in [-0.25, -0.2) is 0 Å². The summed E-state index contributed by atoms with van der Waals surface area (Å²) in [5.74, 6) is 0.524. The third kappa shape index (κ3) is 2.81. The molecule has 1 aromatic heterocycles. The molecule has 0 aliphatic heterocycles. The van der Waals surface area contributed by atoms with Crippen molar-refractivity contribution in [2.75, 3.05) is 6.54 Å². The Morgan fingerprint density at radius 1 is 1.13 bits per heavy atom. The van der Waals surface area contributed by atoms with Crippen LogP contribution in [0, 0.1) is 5.92 Å². The quantitative estimate of drug-likeness (QED) is 0.805. The monoisotopic (exact) mass is 312 g/mol. The normalized spacial score (nSPS) is 31.2. The van der Waals surface area contributed by atoms with E-state index in [1.807, 2.05) is 0 Å². The zero-order valence-corrected chi connectivity index (χ0v) is 13.9. The van der Waals surface area contributed by atoms with Crippen molar-refractivity contribution < 1.29 is 5.11 Å². The molecule has 2 aliphatic rings. The Morgan fingerprint density at radius 2 is 2.00 bits per heavy atom. The maximum atomic E-state index is 11.2. The fraction of sp³-hybridized carbons (Fsp3) is 0.600. The second-order valence-electron chi connectivity index (χ2n) is 7.48. The van der Waals surface area contributed by atoms with Crippen LogP contribution in [0.4, 0.5) is 0 Å². The van der Waals surface area contributed by atoms with Gasteiger partial charge in [-0.3, -0.25) is 0 Å². The molecule has 4 rings (SSSR count). The first kappa shape index (κ1) is 15.2. The van der Waals surface area contributed by atoms with Crippen molar-refractivity contribution in [2.24, 2.45) is 5.92 Å². The first-order valence-electron chi connectivity index (χ1n) is 9.28. The topological polar surface area (TPSA) is 48.0 Å². The molecular weight excluding hydrogens is 284 g/mol. The maximum Gasteiger partial charge on any atom is 0.0827 e. The van der Waals surface area contributed by atoms with E-state index >= 15 is 0 Å². The minimum atomic E-state index is -0.448. The van der Waals surface area contributed by atoms with E-state index in [0.29, 0.717) is 5.92 Å². The van der Waals surface area contributed by atoms with Crippen LogP contribution in [0.2, 0.25) is 0 Å². The molecule has 2 fully saturated rings. The van der Waals surface area contributed by atoms with Crippen molar-refractivity contribution in [1.82, 2.24) is 10.3 Å². The number of fused-ring (bicyclic) bond motifs is 2. The van der Waals surface area contributed by atoms with Crippen LogP contribution >= 0.6 is 0 Å². The number of nitrogens with one attached hydrogen (secondary N) is 2. The summed E-state index contributed by atoms with van der Waals surface area (Å²) in [5, 5.41) is 16.2. The Morgan fingerprint density at radius 3 is 2.96 bits per heavy atom. The number of H-pyrrole nitrogens is 1. The van der Waals surface area contributed by atoms with E-state index in [1.54, 1.807) is 0 Å². The molecule has 2 aliphatic carbocycles. The van der Waals surface area contributed by atoms with Crippen LogP contribution < -0.4 is 5.32 Å². The molecule has 3 heteroatoms. The molecule has 1 heterocycles.